The van der Waals surface area contributed by atoms with Crippen LogP contribution in [0.2, 0.25) is 0 Å². The lowest BCUT2D eigenvalue weighted by atomic mass is 9.88. The zero-order valence-corrected chi connectivity index (χ0v) is 12.8. The summed E-state index contributed by atoms with van der Waals surface area (Å²) in [6.07, 6.45) is -4.27. The molecule has 0 spiro atoms. The van der Waals surface area contributed by atoms with Gasteiger partial charge >= 0.3 is 0 Å². The van der Waals surface area contributed by atoms with Gasteiger partial charge in [-0.2, -0.15) is 0 Å². The van der Waals surface area contributed by atoms with E-state index in [0.717, 1.165) is 0 Å². The molecule has 0 aromatic heterocycles. The van der Waals surface area contributed by atoms with Crippen LogP contribution < -0.4 is 0 Å². The van der Waals surface area contributed by atoms with Gasteiger partial charge in [-0.15, -0.1) is 0 Å². The third kappa shape index (κ3) is 2.98. The lowest BCUT2D eigenvalue weighted by Gasteiger charge is -2.42. The molecule has 0 unspecified atom stereocenters. The molecule has 0 radical (unpaired) electrons. The fourth-order valence-electron chi connectivity index (χ4n) is 3.38. The predicted octanol–water partition coefficient (Wildman–Crippen LogP) is -2.80. The Morgan fingerprint density at radius 3 is 2.42 bits per heavy atom. The van der Waals surface area contributed by atoms with Crippen LogP contribution in [0.5, 0.6) is 0 Å². The quantitative estimate of drug-likeness (QED) is 0.297. The SMILES string of the molecule is OCC1=C[C@@H](O)[C@@H]2C=CO[C@H](O[C@@H]3O[C@H](CO)[C@@H](O)[C@H](O)[C@H]3O)[C@@H]12. The highest BCUT2D eigenvalue weighted by molar-refractivity contribution is 5.25. The maximum absolute atomic E-state index is 10.0. The van der Waals surface area contributed by atoms with E-state index in [2.05, 4.69) is 0 Å². The van der Waals surface area contributed by atoms with Crippen LogP contribution in [0.1, 0.15) is 0 Å². The van der Waals surface area contributed by atoms with Gasteiger partial charge in [-0.05, 0) is 11.6 Å². The van der Waals surface area contributed by atoms with E-state index in [1.165, 1.54) is 12.3 Å². The third-order valence-corrected chi connectivity index (χ3v) is 4.73. The first-order valence-corrected chi connectivity index (χ1v) is 7.75. The summed E-state index contributed by atoms with van der Waals surface area (Å²) < 4.78 is 16.3. The van der Waals surface area contributed by atoms with Crippen molar-refractivity contribution in [3.63, 3.8) is 0 Å². The standard InChI is InChI=1S/C15H22O9/c16-4-6-3-8(18)7-1-2-22-14(10(6)7)24-15-13(21)12(20)11(19)9(5-17)23-15/h1-3,7-21H,4-5H2/t7-,8+,9+,10-,11+,12-,13+,14+,15-/m0/s1. The summed E-state index contributed by atoms with van der Waals surface area (Å²) in [4.78, 5) is 0. The van der Waals surface area contributed by atoms with Crippen LogP contribution in [0.25, 0.3) is 0 Å². The minimum atomic E-state index is -1.56. The van der Waals surface area contributed by atoms with Gasteiger partial charge in [0, 0.05) is 5.92 Å². The van der Waals surface area contributed by atoms with E-state index in [1.54, 1.807) is 6.08 Å². The molecule has 3 aliphatic rings. The van der Waals surface area contributed by atoms with Gasteiger partial charge in [-0.3, -0.25) is 0 Å². The summed E-state index contributed by atoms with van der Waals surface area (Å²) in [5.41, 5.74) is 0.534. The molecule has 9 heteroatoms. The van der Waals surface area contributed by atoms with Gasteiger partial charge < -0.3 is 44.8 Å². The fourth-order valence-corrected chi connectivity index (χ4v) is 3.38. The Labute approximate surface area is 138 Å². The molecule has 1 aliphatic carbocycles. The molecule has 1 saturated heterocycles. The predicted molar refractivity (Wildman–Crippen MR) is 77.0 cm³/mol. The molecule has 24 heavy (non-hydrogen) atoms. The van der Waals surface area contributed by atoms with Crippen molar-refractivity contribution in [1.29, 1.82) is 0 Å². The zero-order chi connectivity index (χ0) is 17.4. The molecule has 2 heterocycles. The van der Waals surface area contributed by atoms with E-state index in [1.807, 2.05) is 0 Å². The zero-order valence-electron chi connectivity index (χ0n) is 12.8. The van der Waals surface area contributed by atoms with Crippen LogP contribution >= 0.6 is 0 Å². The molecule has 0 aromatic rings. The maximum Gasteiger partial charge on any atom is 0.209 e. The van der Waals surface area contributed by atoms with Crippen molar-refractivity contribution in [3.8, 4) is 0 Å². The van der Waals surface area contributed by atoms with E-state index < -0.39 is 55.6 Å². The van der Waals surface area contributed by atoms with Gasteiger partial charge in [0.15, 0.2) is 6.29 Å². The first-order chi connectivity index (χ1) is 11.5. The van der Waals surface area contributed by atoms with E-state index >= 15 is 0 Å². The van der Waals surface area contributed by atoms with Crippen LogP contribution in [-0.2, 0) is 14.2 Å². The van der Waals surface area contributed by atoms with E-state index in [9.17, 15) is 30.6 Å². The average Bonchev–Trinajstić information content (AvgIpc) is 2.92. The van der Waals surface area contributed by atoms with Gasteiger partial charge in [0.05, 0.1) is 31.5 Å². The van der Waals surface area contributed by atoms with Crippen molar-refractivity contribution >= 4 is 0 Å². The number of aliphatic hydroxyl groups excluding tert-OH is 6. The van der Waals surface area contributed by atoms with Crippen LogP contribution in [0.3, 0.4) is 0 Å². The average molecular weight is 346 g/mol. The molecule has 2 aliphatic heterocycles. The largest absolute Gasteiger partial charge is 0.472 e. The van der Waals surface area contributed by atoms with E-state index in [0.29, 0.717) is 5.57 Å². The van der Waals surface area contributed by atoms with Gasteiger partial charge in [0.25, 0.3) is 0 Å². The van der Waals surface area contributed by atoms with E-state index in [-0.39, 0.29) is 12.5 Å². The highest BCUT2D eigenvalue weighted by atomic mass is 16.8. The number of aliphatic hydroxyl groups is 6. The Bertz CT molecular complexity index is 505. The second-order valence-electron chi connectivity index (χ2n) is 6.16. The van der Waals surface area contributed by atoms with Crippen molar-refractivity contribution in [2.45, 2.75) is 43.1 Å². The number of rotatable bonds is 4. The smallest absolute Gasteiger partial charge is 0.209 e. The van der Waals surface area contributed by atoms with Gasteiger partial charge in [-0.1, -0.05) is 6.08 Å². The second-order valence-corrected chi connectivity index (χ2v) is 6.16. The van der Waals surface area contributed by atoms with Crippen molar-refractivity contribution in [2.24, 2.45) is 11.8 Å². The molecule has 1 fully saturated rings. The number of fused-ring (bicyclic) bond motifs is 1. The lowest BCUT2D eigenvalue weighted by Crippen LogP contribution is -2.60. The molecular weight excluding hydrogens is 324 g/mol. The Hall–Kier alpha value is -1.04. The number of hydrogen-bond acceptors (Lipinski definition) is 9. The van der Waals surface area contributed by atoms with Crippen molar-refractivity contribution in [1.82, 2.24) is 0 Å². The summed E-state index contributed by atoms with van der Waals surface area (Å²) in [7, 11) is 0. The summed E-state index contributed by atoms with van der Waals surface area (Å²) in [5.74, 6) is -0.835. The fraction of sp³-hybridized carbons (Fsp3) is 0.733. The summed E-state index contributed by atoms with van der Waals surface area (Å²) in [6, 6.07) is 0. The Kier molecular flexibility index (Phi) is 5.23. The van der Waals surface area contributed by atoms with Crippen LogP contribution in [0.15, 0.2) is 24.0 Å². The highest BCUT2D eigenvalue weighted by Crippen LogP contribution is 2.40. The molecule has 9 atom stereocenters. The monoisotopic (exact) mass is 346 g/mol. The molecule has 6 N–H and O–H groups in total. The molecule has 3 rings (SSSR count). The Balaban J connectivity index is 1.75. The second kappa shape index (κ2) is 7.06. The van der Waals surface area contributed by atoms with Crippen LogP contribution in [-0.4, -0.2) is 87.0 Å². The first-order valence-electron chi connectivity index (χ1n) is 7.75. The molecule has 0 amide bonds. The summed E-state index contributed by atoms with van der Waals surface area (Å²) in [5, 5.41) is 58.3. The van der Waals surface area contributed by atoms with Crippen molar-refractivity contribution < 1.29 is 44.8 Å². The molecule has 0 bridgehead atoms. The maximum atomic E-state index is 10.0. The normalized spacial score (nSPS) is 47.9. The topological polar surface area (TPSA) is 149 Å². The molecule has 0 saturated carbocycles. The van der Waals surface area contributed by atoms with Crippen molar-refractivity contribution in [3.05, 3.63) is 24.0 Å². The minimum absolute atomic E-state index is 0.288. The Morgan fingerprint density at radius 1 is 1.00 bits per heavy atom. The molecule has 0 aromatic carbocycles. The highest BCUT2D eigenvalue weighted by Gasteiger charge is 2.49. The molecular formula is C15H22O9. The lowest BCUT2D eigenvalue weighted by molar-refractivity contribution is -0.339. The minimum Gasteiger partial charge on any atom is -0.472 e. The third-order valence-electron chi connectivity index (χ3n) is 4.73. The first kappa shape index (κ1) is 17.8. The van der Waals surface area contributed by atoms with Crippen LogP contribution in [0, 0.1) is 11.8 Å². The molecule has 9 nitrogen and oxygen atoms in total. The Morgan fingerprint density at radius 2 is 1.75 bits per heavy atom. The summed E-state index contributed by atoms with van der Waals surface area (Å²) in [6.45, 7) is -0.854. The van der Waals surface area contributed by atoms with Crippen LogP contribution in [0.4, 0.5) is 0 Å². The number of ether oxygens (including phenoxy) is 3. The van der Waals surface area contributed by atoms with Gasteiger partial charge in [0.1, 0.15) is 24.4 Å². The van der Waals surface area contributed by atoms with Gasteiger partial charge in [0.2, 0.25) is 6.29 Å². The van der Waals surface area contributed by atoms with Gasteiger partial charge in [-0.25, -0.2) is 0 Å². The molecule has 136 valence electrons. The summed E-state index contributed by atoms with van der Waals surface area (Å²) >= 11 is 0. The number of hydrogen-bond donors (Lipinski definition) is 6. The van der Waals surface area contributed by atoms with E-state index in [4.69, 9.17) is 14.2 Å². The van der Waals surface area contributed by atoms with Crippen molar-refractivity contribution in [2.75, 3.05) is 13.2 Å².